The summed E-state index contributed by atoms with van der Waals surface area (Å²) >= 11 is 0. The minimum absolute atomic E-state index is 0.123. The van der Waals surface area contributed by atoms with Crippen LogP contribution < -0.4 is 4.74 Å². The molecule has 3 nitrogen and oxygen atoms in total. The molecule has 1 saturated heterocycles. The van der Waals surface area contributed by atoms with Crippen LogP contribution in [0, 0.1) is 5.92 Å². The fourth-order valence-corrected chi connectivity index (χ4v) is 2.35. The van der Waals surface area contributed by atoms with Gasteiger partial charge < -0.3 is 9.84 Å². The largest absolute Gasteiger partial charge is 0.497 e. The first-order chi connectivity index (χ1) is 8.19. The second-order valence-electron chi connectivity index (χ2n) is 4.92. The van der Waals surface area contributed by atoms with Crippen molar-refractivity contribution >= 4 is 0 Å². The van der Waals surface area contributed by atoms with E-state index in [4.69, 9.17) is 4.74 Å². The molecule has 3 heteroatoms. The summed E-state index contributed by atoms with van der Waals surface area (Å²) in [7, 11) is 1.68. The van der Waals surface area contributed by atoms with Crippen molar-refractivity contribution in [3.8, 4) is 5.75 Å². The Bertz CT molecular complexity index is 350. The first kappa shape index (κ1) is 12.4. The van der Waals surface area contributed by atoms with E-state index in [-0.39, 0.29) is 6.10 Å². The number of aliphatic hydroxyl groups is 1. The SMILES string of the molecule is COc1ccc(CN2CCC(O)C(C)C2)cc1. The Morgan fingerprint density at radius 3 is 2.65 bits per heavy atom. The molecule has 1 aromatic carbocycles. The molecule has 1 aliphatic rings. The van der Waals surface area contributed by atoms with Gasteiger partial charge in [-0.2, -0.15) is 0 Å². The molecule has 0 radical (unpaired) electrons. The molecule has 94 valence electrons. The van der Waals surface area contributed by atoms with Crippen molar-refractivity contribution in [3.05, 3.63) is 29.8 Å². The third-order valence-electron chi connectivity index (χ3n) is 3.51. The molecular weight excluding hydrogens is 214 g/mol. The molecule has 2 rings (SSSR count). The Hall–Kier alpha value is -1.06. The van der Waals surface area contributed by atoms with Gasteiger partial charge in [-0.05, 0) is 30.0 Å². The predicted octanol–water partition coefficient (Wildman–Crippen LogP) is 1.90. The molecule has 1 aliphatic heterocycles. The summed E-state index contributed by atoms with van der Waals surface area (Å²) in [5.74, 6) is 1.28. The van der Waals surface area contributed by atoms with E-state index < -0.39 is 0 Å². The first-order valence-corrected chi connectivity index (χ1v) is 6.22. The van der Waals surface area contributed by atoms with Crippen molar-refractivity contribution < 1.29 is 9.84 Å². The van der Waals surface area contributed by atoms with Crippen LogP contribution in [-0.4, -0.2) is 36.3 Å². The van der Waals surface area contributed by atoms with Crippen molar-refractivity contribution in [3.63, 3.8) is 0 Å². The highest BCUT2D eigenvalue weighted by atomic mass is 16.5. The van der Waals surface area contributed by atoms with Crippen LogP contribution in [0.1, 0.15) is 18.9 Å². The number of methoxy groups -OCH3 is 1. The normalized spacial score (nSPS) is 25.8. The molecule has 0 amide bonds. The highest BCUT2D eigenvalue weighted by Gasteiger charge is 2.23. The molecule has 1 N–H and O–H groups in total. The number of hydrogen-bond acceptors (Lipinski definition) is 3. The summed E-state index contributed by atoms with van der Waals surface area (Å²) in [6, 6.07) is 8.21. The fourth-order valence-electron chi connectivity index (χ4n) is 2.35. The van der Waals surface area contributed by atoms with Gasteiger partial charge in [0.1, 0.15) is 5.75 Å². The summed E-state index contributed by atoms with van der Waals surface area (Å²) in [6.07, 6.45) is 0.763. The Morgan fingerprint density at radius 1 is 1.35 bits per heavy atom. The lowest BCUT2D eigenvalue weighted by Crippen LogP contribution is -2.41. The summed E-state index contributed by atoms with van der Waals surface area (Å²) in [5.41, 5.74) is 1.30. The van der Waals surface area contributed by atoms with E-state index in [0.717, 1.165) is 31.8 Å². The van der Waals surface area contributed by atoms with Crippen molar-refractivity contribution in [2.24, 2.45) is 5.92 Å². The molecule has 0 aliphatic carbocycles. The van der Waals surface area contributed by atoms with E-state index in [9.17, 15) is 5.11 Å². The number of hydrogen-bond donors (Lipinski definition) is 1. The van der Waals surface area contributed by atoms with Crippen LogP contribution in [0.4, 0.5) is 0 Å². The molecule has 1 aromatic rings. The summed E-state index contributed by atoms with van der Waals surface area (Å²) in [6.45, 7) is 5.04. The van der Waals surface area contributed by atoms with E-state index >= 15 is 0 Å². The van der Waals surface area contributed by atoms with Gasteiger partial charge >= 0.3 is 0 Å². The summed E-state index contributed by atoms with van der Waals surface area (Å²) in [4.78, 5) is 2.40. The Morgan fingerprint density at radius 2 is 2.06 bits per heavy atom. The maximum Gasteiger partial charge on any atom is 0.118 e. The van der Waals surface area contributed by atoms with Crippen molar-refractivity contribution in [1.82, 2.24) is 4.90 Å². The van der Waals surface area contributed by atoms with Gasteiger partial charge in [-0.25, -0.2) is 0 Å². The second kappa shape index (κ2) is 5.52. The lowest BCUT2D eigenvalue weighted by atomic mass is 9.96. The zero-order chi connectivity index (χ0) is 12.3. The van der Waals surface area contributed by atoms with E-state index in [1.807, 2.05) is 12.1 Å². The Balaban J connectivity index is 1.92. The minimum Gasteiger partial charge on any atom is -0.497 e. The number of benzene rings is 1. The first-order valence-electron chi connectivity index (χ1n) is 6.22. The second-order valence-corrected chi connectivity index (χ2v) is 4.92. The van der Waals surface area contributed by atoms with E-state index in [0.29, 0.717) is 5.92 Å². The molecule has 2 atom stereocenters. The minimum atomic E-state index is -0.123. The average Bonchev–Trinajstić information content (AvgIpc) is 2.35. The standard InChI is InChI=1S/C14H21NO2/c1-11-9-15(8-7-14(11)16)10-12-3-5-13(17-2)6-4-12/h3-6,11,14,16H,7-10H2,1-2H3. The third-order valence-corrected chi connectivity index (χ3v) is 3.51. The number of nitrogens with zero attached hydrogens (tertiary/aromatic N) is 1. The monoisotopic (exact) mass is 235 g/mol. The van der Waals surface area contributed by atoms with Gasteiger partial charge in [-0.3, -0.25) is 4.90 Å². The zero-order valence-electron chi connectivity index (χ0n) is 10.6. The van der Waals surface area contributed by atoms with Gasteiger partial charge in [0.15, 0.2) is 0 Å². The van der Waals surface area contributed by atoms with Crippen LogP contribution in [0.2, 0.25) is 0 Å². The maximum atomic E-state index is 9.69. The predicted molar refractivity (Wildman–Crippen MR) is 68.1 cm³/mol. The summed E-state index contributed by atoms with van der Waals surface area (Å²) in [5, 5.41) is 9.69. The van der Waals surface area contributed by atoms with Crippen molar-refractivity contribution in [1.29, 1.82) is 0 Å². The van der Waals surface area contributed by atoms with Crippen molar-refractivity contribution in [2.45, 2.75) is 26.0 Å². The van der Waals surface area contributed by atoms with Crippen LogP contribution >= 0.6 is 0 Å². The Kier molecular flexibility index (Phi) is 4.02. The molecule has 0 aromatic heterocycles. The van der Waals surface area contributed by atoms with Crippen molar-refractivity contribution in [2.75, 3.05) is 20.2 Å². The molecule has 0 bridgehead atoms. The number of piperidine rings is 1. The van der Waals surface area contributed by atoms with Gasteiger partial charge in [-0.1, -0.05) is 19.1 Å². The average molecular weight is 235 g/mol. The zero-order valence-corrected chi connectivity index (χ0v) is 10.6. The van der Waals surface area contributed by atoms with E-state index in [2.05, 4.69) is 24.0 Å². The Labute approximate surface area is 103 Å². The van der Waals surface area contributed by atoms with Gasteiger partial charge in [-0.15, -0.1) is 0 Å². The van der Waals surface area contributed by atoms with E-state index in [1.54, 1.807) is 7.11 Å². The highest BCUT2D eigenvalue weighted by molar-refractivity contribution is 5.27. The number of ether oxygens (including phenoxy) is 1. The number of aliphatic hydroxyl groups excluding tert-OH is 1. The van der Waals surface area contributed by atoms with Crippen LogP contribution in [-0.2, 0) is 6.54 Å². The van der Waals surface area contributed by atoms with E-state index in [1.165, 1.54) is 5.56 Å². The topological polar surface area (TPSA) is 32.7 Å². The smallest absolute Gasteiger partial charge is 0.118 e. The third kappa shape index (κ3) is 3.20. The lowest BCUT2D eigenvalue weighted by Gasteiger charge is -2.34. The molecule has 0 spiro atoms. The van der Waals surface area contributed by atoms with Gasteiger partial charge in [0, 0.05) is 19.6 Å². The maximum absolute atomic E-state index is 9.69. The van der Waals surface area contributed by atoms with Crippen LogP contribution in [0.25, 0.3) is 0 Å². The van der Waals surface area contributed by atoms with Crippen LogP contribution in [0.15, 0.2) is 24.3 Å². The number of rotatable bonds is 3. The molecular formula is C14H21NO2. The van der Waals surface area contributed by atoms with Gasteiger partial charge in [0.2, 0.25) is 0 Å². The van der Waals surface area contributed by atoms with Crippen LogP contribution in [0.3, 0.4) is 0 Å². The fraction of sp³-hybridized carbons (Fsp3) is 0.571. The number of likely N-dealkylation sites (tertiary alicyclic amines) is 1. The van der Waals surface area contributed by atoms with Crippen LogP contribution in [0.5, 0.6) is 5.75 Å². The van der Waals surface area contributed by atoms with Gasteiger partial charge in [0.05, 0.1) is 13.2 Å². The summed E-state index contributed by atoms with van der Waals surface area (Å²) < 4.78 is 5.14. The molecule has 0 saturated carbocycles. The highest BCUT2D eigenvalue weighted by Crippen LogP contribution is 2.19. The molecule has 2 unspecified atom stereocenters. The molecule has 17 heavy (non-hydrogen) atoms. The lowest BCUT2D eigenvalue weighted by molar-refractivity contribution is 0.0320. The molecule has 1 fully saturated rings. The quantitative estimate of drug-likeness (QED) is 0.868. The molecule has 1 heterocycles. The van der Waals surface area contributed by atoms with Gasteiger partial charge in [0.25, 0.3) is 0 Å².